The maximum absolute atomic E-state index is 4.42. The molecule has 1 heterocycles. The van der Waals surface area contributed by atoms with E-state index in [0.29, 0.717) is 0 Å². The van der Waals surface area contributed by atoms with Gasteiger partial charge >= 0.3 is 0 Å². The summed E-state index contributed by atoms with van der Waals surface area (Å²) in [5.41, 5.74) is 3.66. The van der Waals surface area contributed by atoms with Crippen molar-refractivity contribution in [2.24, 2.45) is 4.99 Å². The average Bonchev–Trinajstić information content (AvgIpc) is 2.30. The Morgan fingerprint density at radius 3 is 2.80 bits per heavy atom. The summed E-state index contributed by atoms with van der Waals surface area (Å²) in [6.07, 6.45) is 6.17. The molecule has 1 aliphatic rings. The maximum Gasteiger partial charge on any atom is 0.0479 e. The first-order valence-electron chi connectivity index (χ1n) is 5.27. The molecule has 15 heavy (non-hydrogen) atoms. The first-order chi connectivity index (χ1) is 7.27. The summed E-state index contributed by atoms with van der Waals surface area (Å²) >= 11 is 0. The molecule has 0 radical (unpaired) electrons. The van der Waals surface area contributed by atoms with E-state index >= 15 is 0 Å². The van der Waals surface area contributed by atoms with Crippen LogP contribution in [0, 0.1) is 0 Å². The van der Waals surface area contributed by atoms with Gasteiger partial charge in [0, 0.05) is 31.7 Å². The number of benzene rings is 1. The normalized spacial score (nSPS) is 14.9. The summed E-state index contributed by atoms with van der Waals surface area (Å²) in [7, 11) is 4.11. The summed E-state index contributed by atoms with van der Waals surface area (Å²) in [5, 5.41) is 0. The fourth-order valence-electron chi connectivity index (χ4n) is 1.68. The molecule has 1 aromatic carbocycles. The van der Waals surface area contributed by atoms with Crippen molar-refractivity contribution in [2.75, 3.05) is 19.0 Å². The lowest BCUT2D eigenvalue weighted by molar-refractivity contribution is 1.06. The highest BCUT2D eigenvalue weighted by atomic mass is 15.1. The molecule has 78 valence electrons. The molecule has 0 amide bonds. The largest absolute Gasteiger partial charge is 0.378 e. The minimum atomic E-state index is 1.05. The van der Waals surface area contributed by atoms with Crippen molar-refractivity contribution in [1.82, 2.24) is 0 Å². The first kappa shape index (κ1) is 9.97. The van der Waals surface area contributed by atoms with Crippen LogP contribution in [-0.2, 0) is 0 Å². The maximum atomic E-state index is 4.42. The Bertz CT molecular complexity index is 403. The molecule has 0 fully saturated rings. The van der Waals surface area contributed by atoms with Gasteiger partial charge in [-0.15, -0.1) is 0 Å². The summed E-state index contributed by atoms with van der Waals surface area (Å²) in [6.45, 7) is 0. The monoisotopic (exact) mass is 200 g/mol. The SMILES string of the molecule is CN(C)c1cccc(C2=NC=CCC2)c1. The Kier molecular flexibility index (Phi) is 2.86. The molecule has 0 spiro atoms. The molecule has 0 aliphatic carbocycles. The quantitative estimate of drug-likeness (QED) is 0.716. The van der Waals surface area contributed by atoms with Crippen molar-refractivity contribution in [1.29, 1.82) is 0 Å². The lowest BCUT2D eigenvalue weighted by Gasteiger charge is -2.14. The van der Waals surface area contributed by atoms with Crippen LogP contribution in [0.1, 0.15) is 18.4 Å². The fraction of sp³-hybridized carbons (Fsp3) is 0.308. The molecule has 0 N–H and O–H groups in total. The van der Waals surface area contributed by atoms with E-state index < -0.39 is 0 Å². The van der Waals surface area contributed by atoms with Crippen molar-refractivity contribution in [3.05, 3.63) is 42.1 Å². The van der Waals surface area contributed by atoms with Crippen LogP contribution in [0.2, 0.25) is 0 Å². The molecule has 0 atom stereocenters. The van der Waals surface area contributed by atoms with Crippen molar-refractivity contribution in [2.45, 2.75) is 12.8 Å². The van der Waals surface area contributed by atoms with Crippen LogP contribution in [-0.4, -0.2) is 19.8 Å². The van der Waals surface area contributed by atoms with Crippen LogP contribution < -0.4 is 4.90 Å². The predicted molar refractivity (Wildman–Crippen MR) is 65.7 cm³/mol. The van der Waals surface area contributed by atoms with E-state index in [1.807, 2.05) is 6.20 Å². The van der Waals surface area contributed by atoms with E-state index in [-0.39, 0.29) is 0 Å². The van der Waals surface area contributed by atoms with Gasteiger partial charge in [0.15, 0.2) is 0 Å². The molecule has 2 nitrogen and oxygen atoms in total. The Labute approximate surface area is 90.9 Å². The van der Waals surface area contributed by atoms with Crippen LogP contribution in [0.4, 0.5) is 5.69 Å². The predicted octanol–water partition coefficient (Wildman–Crippen LogP) is 2.85. The highest BCUT2D eigenvalue weighted by Gasteiger charge is 2.06. The molecule has 0 aromatic heterocycles. The molecule has 0 unspecified atom stereocenters. The summed E-state index contributed by atoms with van der Waals surface area (Å²) in [5.74, 6) is 0. The smallest absolute Gasteiger partial charge is 0.0479 e. The number of hydrogen-bond acceptors (Lipinski definition) is 2. The average molecular weight is 200 g/mol. The second-order valence-electron chi connectivity index (χ2n) is 3.94. The van der Waals surface area contributed by atoms with E-state index in [0.717, 1.165) is 12.8 Å². The molecule has 0 bridgehead atoms. The molecular weight excluding hydrogens is 184 g/mol. The zero-order valence-corrected chi connectivity index (χ0v) is 9.27. The van der Waals surface area contributed by atoms with Gasteiger partial charge in [-0.25, -0.2) is 0 Å². The number of aliphatic imine (C=N–C) groups is 1. The molecule has 0 saturated heterocycles. The molecule has 1 aliphatic heterocycles. The summed E-state index contributed by atoms with van der Waals surface area (Å²) < 4.78 is 0. The Morgan fingerprint density at radius 1 is 1.27 bits per heavy atom. The van der Waals surface area contributed by atoms with E-state index in [9.17, 15) is 0 Å². The molecule has 1 aromatic rings. The minimum Gasteiger partial charge on any atom is -0.378 e. The van der Waals surface area contributed by atoms with Gasteiger partial charge in [-0.3, -0.25) is 4.99 Å². The van der Waals surface area contributed by atoms with Crippen LogP contribution in [0.5, 0.6) is 0 Å². The van der Waals surface area contributed by atoms with Gasteiger partial charge in [0.1, 0.15) is 0 Å². The Hall–Kier alpha value is -1.57. The second-order valence-corrected chi connectivity index (χ2v) is 3.94. The van der Waals surface area contributed by atoms with Gasteiger partial charge in [0.2, 0.25) is 0 Å². The summed E-state index contributed by atoms with van der Waals surface area (Å²) in [4.78, 5) is 6.53. The van der Waals surface area contributed by atoms with E-state index in [1.165, 1.54) is 17.0 Å². The van der Waals surface area contributed by atoms with Gasteiger partial charge in [-0.05, 0) is 30.5 Å². The van der Waals surface area contributed by atoms with Crippen LogP contribution >= 0.6 is 0 Å². The van der Waals surface area contributed by atoms with E-state index in [4.69, 9.17) is 0 Å². The third kappa shape index (κ3) is 2.27. The third-order valence-corrected chi connectivity index (χ3v) is 2.58. The Morgan fingerprint density at radius 2 is 2.13 bits per heavy atom. The molecular formula is C13H16N2. The number of allylic oxidation sites excluding steroid dienone is 1. The highest BCUT2D eigenvalue weighted by molar-refractivity contribution is 6.02. The van der Waals surface area contributed by atoms with Crippen molar-refractivity contribution >= 4 is 11.4 Å². The van der Waals surface area contributed by atoms with Crippen molar-refractivity contribution in [3.8, 4) is 0 Å². The number of anilines is 1. The van der Waals surface area contributed by atoms with Crippen LogP contribution in [0.3, 0.4) is 0 Å². The molecule has 0 saturated carbocycles. The van der Waals surface area contributed by atoms with Gasteiger partial charge in [-0.2, -0.15) is 0 Å². The lowest BCUT2D eigenvalue weighted by Crippen LogP contribution is -2.10. The number of nitrogens with zero attached hydrogens (tertiary/aromatic N) is 2. The minimum absolute atomic E-state index is 1.05. The topological polar surface area (TPSA) is 15.6 Å². The van der Waals surface area contributed by atoms with E-state index in [1.54, 1.807) is 0 Å². The van der Waals surface area contributed by atoms with Gasteiger partial charge in [0.05, 0.1) is 0 Å². The van der Waals surface area contributed by atoms with Crippen molar-refractivity contribution in [3.63, 3.8) is 0 Å². The van der Waals surface area contributed by atoms with Crippen LogP contribution in [0.15, 0.2) is 41.5 Å². The lowest BCUT2D eigenvalue weighted by atomic mass is 10.0. The van der Waals surface area contributed by atoms with E-state index in [2.05, 4.69) is 54.3 Å². The molecule has 2 heteroatoms. The van der Waals surface area contributed by atoms with Gasteiger partial charge in [-0.1, -0.05) is 18.2 Å². The van der Waals surface area contributed by atoms with Crippen LogP contribution in [0.25, 0.3) is 0 Å². The zero-order chi connectivity index (χ0) is 10.7. The standard InChI is InChI=1S/C13H16N2/c1-15(2)12-7-5-6-11(10-12)13-8-3-4-9-14-13/h4-7,9-10H,3,8H2,1-2H3. The van der Waals surface area contributed by atoms with Gasteiger partial charge in [0.25, 0.3) is 0 Å². The first-order valence-corrected chi connectivity index (χ1v) is 5.27. The fourth-order valence-corrected chi connectivity index (χ4v) is 1.68. The number of hydrogen-bond donors (Lipinski definition) is 0. The van der Waals surface area contributed by atoms with Gasteiger partial charge < -0.3 is 4.90 Å². The Balaban J connectivity index is 2.32. The zero-order valence-electron chi connectivity index (χ0n) is 9.27. The second kappa shape index (κ2) is 4.30. The molecule has 2 rings (SSSR count). The summed E-state index contributed by atoms with van der Waals surface area (Å²) in [6, 6.07) is 8.53. The third-order valence-electron chi connectivity index (χ3n) is 2.58. The van der Waals surface area contributed by atoms with Crippen molar-refractivity contribution < 1.29 is 0 Å². The highest BCUT2D eigenvalue weighted by Crippen LogP contribution is 2.17. The number of rotatable bonds is 2.